The molecule has 17 heavy (non-hydrogen) atoms. The van der Waals surface area contributed by atoms with Gasteiger partial charge in [-0.05, 0) is 6.07 Å². The molecule has 0 aromatic carbocycles. The predicted molar refractivity (Wildman–Crippen MR) is 66.3 cm³/mol. The molecule has 0 aliphatic heterocycles. The largest absolute Gasteiger partial charge is 0.383 e. The van der Waals surface area contributed by atoms with E-state index in [2.05, 4.69) is 20.4 Å². The molecule has 2 rings (SSSR count). The van der Waals surface area contributed by atoms with E-state index in [4.69, 9.17) is 11.5 Å². The summed E-state index contributed by atoms with van der Waals surface area (Å²) >= 11 is 0. The van der Waals surface area contributed by atoms with E-state index in [1.165, 1.54) is 0 Å². The van der Waals surface area contributed by atoms with E-state index < -0.39 is 0 Å². The minimum atomic E-state index is 0.174. The van der Waals surface area contributed by atoms with Crippen LogP contribution in [0.2, 0.25) is 0 Å². The lowest BCUT2D eigenvalue weighted by Gasteiger charge is -2.06. The molecule has 2 aromatic heterocycles. The van der Waals surface area contributed by atoms with E-state index in [-0.39, 0.29) is 5.95 Å². The first kappa shape index (κ1) is 11.2. The number of nitrogen functional groups attached to an aromatic ring is 2. The maximum absolute atomic E-state index is 5.56. The summed E-state index contributed by atoms with van der Waals surface area (Å²) in [5.41, 5.74) is 12.2. The lowest BCUT2D eigenvalue weighted by atomic mass is 10.3. The van der Waals surface area contributed by atoms with Gasteiger partial charge in [-0.2, -0.15) is 15.1 Å². The second kappa shape index (κ2) is 4.69. The topological polar surface area (TPSA) is 108 Å². The minimum absolute atomic E-state index is 0.174. The Morgan fingerprint density at radius 2 is 2.18 bits per heavy atom. The number of anilines is 3. The molecular weight excluding hydrogens is 218 g/mol. The van der Waals surface area contributed by atoms with E-state index in [0.29, 0.717) is 11.6 Å². The first-order chi connectivity index (χ1) is 8.15. The van der Waals surface area contributed by atoms with Gasteiger partial charge in [0.05, 0.1) is 0 Å². The van der Waals surface area contributed by atoms with Crippen LogP contribution in [-0.4, -0.2) is 26.3 Å². The summed E-state index contributed by atoms with van der Waals surface area (Å²) in [6, 6.07) is 3.63. The quantitative estimate of drug-likeness (QED) is 0.687. The third-order valence-corrected chi connectivity index (χ3v) is 2.37. The highest BCUT2D eigenvalue weighted by molar-refractivity contribution is 5.48. The summed E-state index contributed by atoms with van der Waals surface area (Å²) < 4.78 is 1.84. The summed E-state index contributed by atoms with van der Waals surface area (Å²) in [5.74, 6) is 1.17. The highest BCUT2D eigenvalue weighted by atomic mass is 15.3. The molecule has 5 N–H and O–H groups in total. The third-order valence-electron chi connectivity index (χ3n) is 2.37. The van der Waals surface area contributed by atoms with Gasteiger partial charge in [-0.25, -0.2) is 0 Å². The fraction of sp³-hybridized carbons (Fsp3) is 0.300. The average molecular weight is 233 g/mol. The fourth-order valence-electron chi connectivity index (χ4n) is 1.54. The Kier molecular flexibility index (Phi) is 3.08. The molecule has 0 amide bonds. The van der Waals surface area contributed by atoms with Crippen LogP contribution in [-0.2, 0) is 13.5 Å². The summed E-state index contributed by atoms with van der Waals surface area (Å²) in [6.45, 7) is 0.732. The number of nitrogens with zero attached hydrogens (tertiary/aromatic N) is 4. The second-order valence-electron chi connectivity index (χ2n) is 3.66. The van der Waals surface area contributed by atoms with Crippen LogP contribution in [0.1, 0.15) is 5.69 Å². The first-order valence-electron chi connectivity index (χ1n) is 5.26. The van der Waals surface area contributed by atoms with Crippen molar-refractivity contribution in [3.8, 4) is 0 Å². The zero-order valence-corrected chi connectivity index (χ0v) is 9.59. The normalized spacial score (nSPS) is 10.4. The van der Waals surface area contributed by atoms with Crippen LogP contribution >= 0.6 is 0 Å². The van der Waals surface area contributed by atoms with Gasteiger partial charge < -0.3 is 16.8 Å². The smallest absolute Gasteiger partial charge is 0.223 e. The number of hydrogen-bond acceptors (Lipinski definition) is 6. The maximum Gasteiger partial charge on any atom is 0.223 e. The summed E-state index contributed by atoms with van der Waals surface area (Å²) in [6.07, 6.45) is 2.62. The van der Waals surface area contributed by atoms with Gasteiger partial charge in [0, 0.05) is 38.0 Å². The van der Waals surface area contributed by atoms with Crippen molar-refractivity contribution in [1.29, 1.82) is 0 Å². The van der Waals surface area contributed by atoms with Gasteiger partial charge in [-0.3, -0.25) is 4.68 Å². The zero-order chi connectivity index (χ0) is 12.3. The molecule has 0 aliphatic rings. The van der Waals surface area contributed by atoms with Crippen molar-refractivity contribution in [3.05, 3.63) is 24.0 Å². The highest BCUT2D eigenvalue weighted by Crippen LogP contribution is 2.09. The molecule has 0 saturated heterocycles. The SMILES string of the molecule is Cn1nccc1CCNc1cc(N)nc(N)n1. The molecule has 0 spiro atoms. The van der Waals surface area contributed by atoms with Gasteiger partial charge >= 0.3 is 0 Å². The van der Waals surface area contributed by atoms with Crippen molar-refractivity contribution in [2.45, 2.75) is 6.42 Å². The Morgan fingerprint density at radius 1 is 1.35 bits per heavy atom. The Morgan fingerprint density at radius 3 is 2.82 bits per heavy atom. The van der Waals surface area contributed by atoms with Crippen LogP contribution in [0.25, 0.3) is 0 Å². The molecule has 0 fully saturated rings. The summed E-state index contributed by atoms with van der Waals surface area (Å²) in [5, 5.41) is 7.23. The Hall–Kier alpha value is -2.31. The summed E-state index contributed by atoms with van der Waals surface area (Å²) in [4.78, 5) is 7.83. The molecule has 7 heteroatoms. The van der Waals surface area contributed by atoms with E-state index in [1.54, 1.807) is 12.3 Å². The van der Waals surface area contributed by atoms with Crippen LogP contribution < -0.4 is 16.8 Å². The van der Waals surface area contributed by atoms with Gasteiger partial charge in [0.15, 0.2) is 0 Å². The number of nitrogens with one attached hydrogen (secondary N) is 1. The molecule has 0 saturated carbocycles. The van der Waals surface area contributed by atoms with E-state index in [0.717, 1.165) is 18.7 Å². The number of rotatable bonds is 4. The van der Waals surface area contributed by atoms with Gasteiger partial charge in [0.25, 0.3) is 0 Å². The van der Waals surface area contributed by atoms with Crippen LogP contribution in [0.5, 0.6) is 0 Å². The lowest BCUT2D eigenvalue weighted by Crippen LogP contribution is -2.11. The molecule has 0 atom stereocenters. The predicted octanol–water partition coefficient (Wildman–Crippen LogP) is 0.0291. The molecule has 0 aliphatic carbocycles. The average Bonchev–Trinajstić information content (AvgIpc) is 2.63. The molecule has 90 valence electrons. The third kappa shape index (κ3) is 2.83. The Labute approximate surface area is 98.9 Å². The Balaban J connectivity index is 1.92. The van der Waals surface area contributed by atoms with Crippen molar-refractivity contribution in [1.82, 2.24) is 19.7 Å². The molecular formula is C10H15N7. The van der Waals surface area contributed by atoms with Crippen molar-refractivity contribution in [2.75, 3.05) is 23.3 Å². The van der Waals surface area contributed by atoms with Crippen LogP contribution in [0.4, 0.5) is 17.6 Å². The fourth-order valence-corrected chi connectivity index (χ4v) is 1.54. The molecule has 0 radical (unpaired) electrons. The van der Waals surface area contributed by atoms with E-state index in [1.807, 2.05) is 17.8 Å². The monoisotopic (exact) mass is 233 g/mol. The molecule has 2 heterocycles. The Bertz CT molecular complexity index is 485. The minimum Gasteiger partial charge on any atom is -0.383 e. The number of hydrogen-bond donors (Lipinski definition) is 3. The zero-order valence-electron chi connectivity index (χ0n) is 9.59. The number of aromatic nitrogens is 4. The van der Waals surface area contributed by atoms with Gasteiger partial charge in [0.1, 0.15) is 11.6 Å². The van der Waals surface area contributed by atoms with E-state index >= 15 is 0 Å². The van der Waals surface area contributed by atoms with Gasteiger partial charge in [-0.1, -0.05) is 0 Å². The van der Waals surface area contributed by atoms with Crippen molar-refractivity contribution >= 4 is 17.6 Å². The van der Waals surface area contributed by atoms with Crippen LogP contribution in [0.3, 0.4) is 0 Å². The molecule has 0 unspecified atom stereocenters. The number of nitrogens with two attached hydrogens (primary N) is 2. The summed E-state index contributed by atoms with van der Waals surface area (Å²) in [7, 11) is 1.91. The van der Waals surface area contributed by atoms with Crippen LogP contribution in [0, 0.1) is 0 Å². The van der Waals surface area contributed by atoms with Crippen LogP contribution in [0.15, 0.2) is 18.3 Å². The van der Waals surface area contributed by atoms with Crippen molar-refractivity contribution < 1.29 is 0 Å². The van der Waals surface area contributed by atoms with E-state index in [9.17, 15) is 0 Å². The standard InChI is InChI=1S/C10H15N7/c1-17-7(3-5-14-17)2-4-13-9-6-8(11)15-10(12)16-9/h3,5-6H,2,4H2,1H3,(H5,11,12,13,15,16). The lowest BCUT2D eigenvalue weighted by molar-refractivity contribution is 0.711. The van der Waals surface area contributed by atoms with Crippen molar-refractivity contribution in [2.24, 2.45) is 7.05 Å². The number of aryl methyl sites for hydroxylation is 1. The van der Waals surface area contributed by atoms with Gasteiger partial charge in [0.2, 0.25) is 5.95 Å². The highest BCUT2D eigenvalue weighted by Gasteiger charge is 2.01. The first-order valence-corrected chi connectivity index (χ1v) is 5.26. The van der Waals surface area contributed by atoms with Crippen molar-refractivity contribution in [3.63, 3.8) is 0 Å². The maximum atomic E-state index is 5.56. The molecule has 7 nitrogen and oxygen atoms in total. The molecule has 0 bridgehead atoms. The second-order valence-corrected chi connectivity index (χ2v) is 3.66. The van der Waals surface area contributed by atoms with Gasteiger partial charge in [-0.15, -0.1) is 0 Å². The molecule has 2 aromatic rings.